The summed E-state index contributed by atoms with van der Waals surface area (Å²) in [4.78, 5) is 12.2. The normalized spacial score (nSPS) is 12.2. The van der Waals surface area contributed by atoms with E-state index in [1.807, 2.05) is 6.92 Å². The van der Waals surface area contributed by atoms with Crippen molar-refractivity contribution < 1.29 is 14.3 Å². The zero-order valence-electron chi connectivity index (χ0n) is 10.3. The van der Waals surface area contributed by atoms with Gasteiger partial charge in [0.2, 0.25) is 0 Å². The van der Waals surface area contributed by atoms with Crippen LogP contribution in [0.15, 0.2) is 23.1 Å². The standard InChI is InChI=1S/C13H18FNO2S/c1-9(8-16)3-2-6-15-13(17)11-7-10(18)4-5-12(11)14/h4-5,7,9,16,18H,2-3,6,8H2,1H3,(H,15,17). The minimum absolute atomic E-state index is 0.0118. The Balaban J connectivity index is 2.43. The minimum atomic E-state index is -0.547. The summed E-state index contributed by atoms with van der Waals surface area (Å²) in [7, 11) is 0. The van der Waals surface area contributed by atoms with E-state index in [-0.39, 0.29) is 18.1 Å². The lowest BCUT2D eigenvalue weighted by atomic mass is 10.1. The van der Waals surface area contributed by atoms with E-state index < -0.39 is 11.7 Å². The van der Waals surface area contributed by atoms with E-state index in [4.69, 9.17) is 5.11 Å². The molecule has 1 aromatic rings. The Morgan fingerprint density at radius 2 is 2.28 bits per heavy atom. The average Bonchev–Trinajstić information content (AvgIpc) is 2.36. The van der Waals surface area contributed by atoms with Gasteiger partial charge in [0.05, 0.1) is 5.56 Å². The van der Waals surface area contributed by atoms with Gasteiger partial charge in [-0.15, -0.1) is 12.6 Å². The number of aliphatic hydroxyl groups is 1. The third-order valence-corrected chi connectivity index (χ3v) is 2.94. The molecule has 1 atom stereocenters. The third-order valence-electron chi connectivity index (χ3n) is 2.67. The molecule has 0 saturated heterocycles. The first-order chi connectivity index (χ1) is 8.54. The van der Waals surface area contributed by atoms with Crippen LogP contribution in [0.4, 0.5) is 4.39 Å². The Bertz CT molecular complexity index is 412. The first kappa shape index (κ1) is 15.0. The second kappa shape index (κ2) is 7.38. The molecule has 0 radical (unpaired) electrons. The molecule has 0 bridgehead atoms. The summed E-state index contributed by atoms with van der Waals surface area (Å²) in [6.45, 7) is 2.55. The molecule has 1 aromatic carbocycles. The smallest absolute Gasteiger partial charge is 0.254 e. The maximum absolute atomic E-state index is 13.4. The fraction of sp³-hybridized carbons (Fsp3) is 0.462. The van der Waals surface area contributed by atoms with Crippen molar-refractivity contribution in [2.45, 2.75) is 24.7 Å². The van der Waals surface area contributed by atoms with Crippen LogP contribution in [0.5, 0.6) is 0 Å². The molecule has 0 fully saturated rings. The summed E-state index contributed by atoms with van der Waals surface area (Å²) in [5.41, 5.74) is 0.0118. The van der Waals surface area contributed by atoms with Crippen LogP contribution in [-0.2, 0) is 0 Å². The number of hydrogen-bond acceptors (Lipinski definition) is 3. The summed E-state index contributed by atoms with van der Waals surface area (Å²) in [5, 5.41) is 11.5. The maximum atomic E-state index is 13.4. The van der Waals surface area contributed by atoms with Crippen molar-refractivity contribution in [1.82, 2.24) is 5.32 Å². The van der Waals surface area contributed by atoms with Gasteiger partial charge in [-0.05, 0) is 37.0 Å². The highest BCUT2D eigenvalue weighted by Gasteiger charge is 2.11. The van der Waals surface area contributed by atoms with Crippen LogP contribution in [0.25, 0.3) is 0 Å². The van der Waals surface area contributed by atoms with Crippen LogP contribution in [0.3, 0.4) is 0 Å². The number of benzene rings is 1. The van der Waals surface area contributed by atoms with Crippen molar-refractivity contribution in [1.29, 1.82) is 0 Å². The van der Waals surface area contributed by atoms with Gasteiger partial charge >= 0.3 is 0 Å². The molecule has 2 N–H and O–H groups in total. The monoisotopic (exact) mass is 271 g/mol. The number of carbonyl (C=O) groups is 1. The van der Waals surface area contributed by atoms with Crippen molar-refractivity contribution in [3.8, 4) is 0 Å². The lowest BCUT2D eigenvalue weighted by molar-refractivity contribution is 0.0948. The van der Waals surface area contributed by atoms with Gasteiger partial charge in [0.15, 0.2) is 0 Å². The third kappa shape index (κ3) is 4.66. The molecule has 0 saturated carbocycles. The number of carbonyl (C=O) groups excluding carboxylic acids is 1. The van der Waals surface area contributed by atoms with Crippen molar-refractivity contribution in [3.63, 3.8) is 0 Å². The van der Waals surface area contributed by atoms with E-state index in [0.717, 1.165) is 12.8 Å². The van der Waals surface area contributed by atoms with Crippen molar-refractivity contribution in [2.24, 2.45) is 5.92 Å². The molecule has 5 heteroatoms. The molecule has 0 aliphatic rings. The second-order valence-corrected chi connectivity index (χ2v) is 4.87. The molecule has 18 heavy (non-hydrogen) atoms. The van der Waals surface area contributed by atoms with E-state index >= 15 is 0 Å². The van der Waals surface area contributed by atoms with Gasteiger partial charge in [0.25, 0.3) is 5.91 Å². The van der Waals surface area contributed by atoms with Crippen LogP contribution >= 0.6 is 12.6 Å². The molecular weight excluding hydrogens is 253 g/mol. The zero-order chi connectivity index (χ0) is 13.5. The number of thiol groups is 1. The topological polar surface area (TPSA) is 49.3 Å². The Morgan fingerprint density at radius 3 is 2.94 bits per heavy atom. The van der Waals surface area contributed by atoms with Gasteiger partial charge in [-0.1, -0.05) is 6.92 Å². The number of aliphatic hydroxyl groups excluding tert-OH is 1. The van der Waals surface area contributed by atoms with E-state index in [0.29, 0.717) is 11.4 Å². The Hall–Kier alpha value is -1.07. The molecule has 1 unspecified atom stereocenters. The largest absolute Gasteiger partial charge is 0.396 e. The van der Waals surface area contributed by atoms with Crippen LogP contribution in [-0.4, -0.2) is 24.2 Å². The van der Waals surface area contributed by atoms with Crippen LogP contribution in [0, 0.1) is 11.7 Å². The van der Waals surface area contributed by atoms with E-state index in [1.54, 1.807) is 0 Å². The van der Waals surface area contributed by atoms with E-state index in [2.05, 4.69) is 17.9 Å². The molecule has 1 amide bonds. The molecule has 0 heterocycles. The molecule has 0 aliphatic heterocycles. The highest BCUT2D eigenvalue weighted by atomic mass is 32.1. The van der Waals surface area contributed by atoms with Gasteiger partial charge in [-0.25, -0.2) is 4.39 Å². The molecule has 0 aliphatic carbocycles. The summed E-state index contributed by atoms with van der Waals surface area (Å²) in [6.07, 6.45) is 1.58. The number of rotatable bonds is 6. The van der Waals surface area contributed by atoms with Crippen molar-refractivity contribution >= 4 is 18.5 Å². The van der Waals surface area contributed by atoms with Crippen LogP contribution in [0.1, 0.15) is 30.1 Å². The molecule has 3 nitrogen and oxygen atoms in total. The van der Waals surface area contributed by atoms with Crippen molar-refractivity contribution in [2.75, 3.05) is 13.2 Å². The average molecular weight is 271 g/mol. The summed E-state index contributed by atoms with van der Waals surface area (Å²) >= 11 is 4.07. The van der Waals surface area contributed by atoms with Gasteiger partial charge in [0.1, 0.15) is 5.82 Å². The zero-order valence-corrected chi connectivity index (χ0v) is 11.2. The van der Waals surface area contributed by atoms with Crippen LogP contribution < -0.4 is 5.32 Å². The molecular formula is C13H18FNO2S. The number of hydrogen-bond donors (Lipinski definition) is 3. The van der Waals surface area contributed by atoms with E-state index in [1.165, 1.54) is 18.2 Å². The second-order valence-electron chi connectivity index (χ2n) is 4.35. The van der Waals surface area contributed by atoms with Crippen LogP contribution in [0.2, 0.25) is 0 Å². The number of halogens is 1. The highest BCUT2D eigenvalue weighted by Crippen LogP contribution is 2.13. The Morgan fingerprint density at radius 1 is 1.56 bits per heavy atom. The fourth-order valence-electron chi connectivity index (χ4n) is 1.53. The Labute approximate surface area is 112 Å². The quantitative estimate of drug-likeness (QED) is 0.549. The number of amides is 1. The molecule has 1 rings (SSSR count). The fourth-order valence-corrected chi connectivity index (χ4v) is 1.73. The first-order valence-corrected chi connectivity index (χ1v) is 6.37. The van der Waals surface area contributed by atoms with Crippen molar-refractivity contribution in [3.05, 3.63) is 29.6 Å². The highest BCUT2D eigenvalue weighted by molar-refractivity contribution is 7.80. The first-order valence-electron chi connectivity index (χ1n) is 5.92. The van der Waals surface area contributed by atoms with Gasteiger partial charge in [0, 0.05) is 18.0 Å². The minimum Gasteiger partial charge on any atom is -0.396 e. The van der Waals surface area contributed by atoms with Gasteiger partial charge in [-0.2, -0.15) is 0 Å². The van der Waals surface area contributed by atoms with Gasteiger partial charge in [-0.3, -0.25) is 4.79 Å². The lowest BCUT2D eigenvalue weighted by Gasteiger charge is -2.09. The van der Waals surface area contributed by atoms with Gasteiger partial charge < -0.3 is 10.4 Å². The summed E-state index contributed by atoms with van der Waals surface area (Å²) in [6, 6.07) is 4.13. The molecule has 0 aromatic heterocycles. The number of nitrogens with one attached hydrogen (secondary N) is 1. The van der Waals surface area contributed by atoms with E-state index in [9.17, 15) is 9.18 Å². The SMILES string of the molecule is CC(CO)CCCNC(=O)c1cc(S)ccc1F. The predicted molar refractivity (Wildman–Crippen MR) is 71.5 cm³/mol. The molecule has 0 spiro atoms. The lowest BCUT2D eigenvalue weighted by Crippen LogP contribution is -2.25. The summed E-state index contributed by atoms with van der Waals surface area (Å²) < 4.78 is 13.4. The molecule has 100 valence electrons. The predicted octanol–water partition coefficient (Wildman–Crippen LogP) is 2.25. The maximum Gasteiger partial charge on any atom is 0.254 e. The Kier molecular flexibility index (Phi) is 6.15. The summed E-state index contributed by atoms with van der Waals surface area (Å²) in [5.74, 6) is -0.756.